The van der Waals surface area contributed by atoms with E-state index < -0.39 is 0 Å². The van der Waals surface area contributed by atoms with Gasteiger partial charge in [0.25, 0.3) is 0 Å². The van der Waals surface area contributed by atoms with Crippen LogP contribution in [0.3, 0.4) is 0 Å². The van der Waals surface area contributed by atoms with Gasteiger partial charge >= 0.3 is 0 Å². The highest BCUT2D eigenvalue weighted by molar-refractivity contribution is 8.00. The Morgan fingerprint density at radius 3 is 2.69 bits per heavy atom. The van der Waals surface area contributed by atoms with Gasteiger partial charge in [0, 0.05) is 21.7 Å². The second-order valence-electron chi connectivity index (χ2n) is 2.74. The summed E-state index contributed by atoms with van der Waals surface area (Å²) < 4.78 is 0. The average Bonchev–Trinajstić information content (AvgIpc) is 2.09. The molecule has 0 aliphatic rings. The number of hydrogen-bond donors (Lipinski definition) is 1. The number of rotatable bonds is 3. The molecule has 1 aromatic carbocycles. The molecule has 0 fully saturated rings. The number of thioether (sulfide) groups is 1. The van der Waals surface area contributed by atoms with Crippen LogP contribution in [0, 0.1) is 0 Å². The molecule has 13 heavy (non-hydrogen) atoms. The largest absolute Gasteiger partial charge is 0.329 e. The van der Waals surface area contributed by atoms with Crippen molar-refractivity contribution in [2.45, 2.75) is 17.1 Å². The molecular formula is C9H11Cl2NS. The van der Waals surface area contributed by atoms with Gasteiger partial charge in [-0.3, -0.25) is 0 Å². The van der Waals surface area contributed by atoms with Crippen molar-refractivity contribution >= 4 is 35.0 Å². The standard InChI is InChI=1S/C9H11Cl2NS/c1-6(5-12)13-9-3-2-7(10)4-8(9)11/h2-4,6H,5,12H2,1H3. The number of benzene rings is 1. The minimum Gasteiger partial charge on any atom is -0.329 e. The summed E-state index contributed by atoms with van der Waals surface area (Å²) in [5, 5.41) is 1.73. The molecule has 0 aliphatic heterocycles. The monoisotopic (exact) mass is 235 g/mol. The van der Waals surface area contributed by atoms with E-state index in [1.54, 1.807) is 17.8 Å². The highest BCUT2D eigenvalue weighted by Crippen LogP contribution is 2.31. The SMILES string of the molecule is CC(CN)Sc1ccc(Cl)cc1Cl. The zero-order valence-corrected chi connectivity index (χ0v) is 9.59. The predicted octanol–water partition coefficient (Wildman–Crippen LogP) is 3.43. The molecule has 0 amide bonds. The molecule has 1 rings (SSSR count). The summed E-state index contributed by atoms with van der Waals surface area (Å²) in [6.07, 6.45) is 0. The lowest BCUT2D eigenvalue weighted by molar-refractivity contribution is 0.951. The Bertz CT molecular complexity index is 291. The van der Waals surface area contributed by atoms with E-state index in [0.29, 0.717) is 21.8 Å². The molecule has 0 aliphatic carbocycles. The van der Waals surface area contributed by atoms with E-state index in [-0.39, 0.29) is 0 Å². The first kappa shape index (κ1) is 11.2. The maximum Gasteiger partial charge on any atom is 0.0556 e. The average molecular weight is 236 g/mol. The molecule has 0 bridgehead atoms. The highest BCUT2D eigenvalue weighted by Gasteiger charge is 2.05. The van der Waals surface area contributed by atoms with Crippen LogP contribution in [0.5, 0.6) is 0 Å². The summed E-state index contributed by atoms with van der Waals surface area (Å²) in [6.45, 7) is 2.71. The summed E-state index contributed by atoms with van der Waals surface area (Å²) in [5.74, 6) is 0. The van der Waals surface area contributed by atoms with Gasteiger partial charge in [-0.2, -0.15) is 0 Å². The van der Waals surface area contributed by atoms with Gasteiger partial charge in [-0.25, -0.2) is 0 Å². The quantitative estimate of drug-likeness (QED) is 0.813. The number of halogens is 2. The maximum atomic E-state index is 5.98. The Kier molecular flexibility index (Phi) is 4.39. The topological polar surface area (TPSA) is 26.0 Å². The van der Waals surface area contributed by atoms with Crippen molar-refractivity contribution < 1.29 is 0 Å². The van der Waals surface area contributed by atoms with Crippen molar-refractivity contribution in [2.75, 3.05) is 6.54 Å². The lowest BCUT2D eigenvalue weighted by atomic mass is 10.4. The van der Waals surface area contributed by atoms with Crippen LogP contribution in [0.25, 0.3) is 0 Å². The van der Waals surface area contributed by atoms with Crippen molar-refractivity contribution in [3.8, 4) is 0 Å². The van der Waals surface area contributed by atoms with E-state index in [0.717, 1.165) is 4.90 Å². The fraction of sp³-hybridized carbons (Fsp3) is 0.333. The van der Waals surface area contributed by atoms with Gasteiger partial charge in [-0.1, -0.05) is 30.1 Å². The molecule has 0 aromatic heterocycles. The molecule has 0 spiro atoms. The van der Waals surface area contributed by atoms with Gasteiger partial charge in [-0.15, -0.1) is 11.8 Å². The summed E-state index contributed by atoms with van der Waals surface area (Å²) in [4.78, 5) is 1.03. The van der Waals surface area contributed by atoms with Gasteiger partial charge in [0.15, 0.2) is 0 Å². The van der Waals surface area contributed by atoms with Crippen molar-refractivity contribution in [1.82, 2.24) is 0 Å². The third kappa shape index (κ3) is 3.39. The Morgan fingerprint density at radius 1 is 1.46 bits per heavy atom. The molecule has 0 radical (unpaired) electrons. The molecule has 1 atom stereocenters. The number of hydrogen-bond acceptors (Lipinski definition) is 2. The van der Waals surface area contributed by atoms with E-state index in [2.05, 4.69) is 6.92 Å². The van der Waals surface area contributed by atoms with Gasteiger partial charge in [0.1, 0.15) is 0 Å². The second kappa shape index (κ2) is 5.11. The van der Waals surface area contributed by atoms with Crippen LogP contribution >= 0.6 is 35.0 Å². The summed E-state index contributed by atoms with van der Waals surface area (Å²) in [6, 6.07) is 5.50. The van der Waals surface area contributed by atoms with Crippen molar-refractivity contribution in [3.63, 3.8) is 0 Å². The van der Waals surface area contributed by atoms with E-state index in [4.69, 9.17) is 28.9 Å². The summed E-state index contributed by atoms with van der Waals surface area (Å²) in [7, 11) is 0. The van der Waals surface area contributed by atoms with Crippen LogP contribution in [0.2, 0.25) is 10.0 Å². The number of nitrogens with two attached hydrogens (primary N) is 1. The lowest BCUT2D eigenvalue weighted by Gasteiger charge is -2.09. The Hall–Kier alpha value is 0.110. The molecule has 0 saturated heterocycles. The normalized spacial score (nSPS) is 12.9. The first-order chi connectivity index (χ1) is 6.13. The van der Waals surface area contributed by atoms with Gasteiger partial charge < -0.3 is 5.73 Å². The minimum absolute atomic E-state index is 0.374. The van der Waals surface area contributed by atoms with Crippen molar-refractivity contribution in [3.05, 3.63) is 28.2 Å². The van der Waals surface area contributed by atoms with Crippen LogP contribution in [0.1, 0.15) is 6.92 Å². The molecular weight excluding hydrogens is 225 g/mol. The third-order valence-corrected chi connectivity index (χ3v) is 3.42. The van der Waals surface area contributed by atoms with Crippen LogP contribution in [0.15, 0.2) is 23.1 Å². The molecule has 1 nitrogen and oxygen atoms in total. The first-order valence-electron chi connectivity index (χ1n) is 3.95. The summed E-state index contributed by atoms with van der Waals surface area (Å²) >= 11 is 13.4. The third-order valence-electron chi connectivity index (χ3n) is 1.55. The fourth-order valence-corrected chi connectivity index (χ4v) is 2.23. The van der Waals surface area contributed by atoms with Gasteiger partial charge in [0.2, 0.25) is 0 Å². The maximum absolute atomic E-state index is 5.98. The van der Waals surface area contributed by atoms with Crippen molar-refractivity contribution in [1.29, 1.82) is 0 Å². The van der Waals surface area contributed by atoms with E-state index in [1.165, 1.54) is 0 Å². The van der Waals surface area contributed by atoms with E-state index in [1.807, 2.05) is 12.1 Å². The second-order valence-corrected chi connectivity index (χ2v) is 5.06. The molecule has 1 unspecified atom stereocenters. The lowest BCUT2D eigenvalue weighted by Crippen LogP contribution is -2.12. The van der Waals surface area contributed by atoms with E-state index in [9.17, 15) is 0 Å². The van der Waals surface area contributed by atoms with Crippen molar-refractivity contribution in [2.24, 2.45) is 5.73 Å². The Balaban J connectivity index is 2.77. The van der Waals surface area contributed by atoms with Crippen LogP contribution in [-0.4, -0.2) is 11.8 Å². The summed E-state index contributed by atoms with van der Waals surface area (Å²) in [5.41, 5.74) is 5.51. The highest BCUT2D eigenvalue weighted by atomic mass is 35.5. The van der Waals surface area contributed by atoms with Crippen LogP contribution in [0.4, 0.5) is 0 Å². The molecule has 1 aromatic rings. The zero-order valence-electron chi connectivity index (χ0n) is 7.26. The smallest absolute Gasteiger partial charge is 0.0556 e. The van der Waals surface area contributed by atoms with Crippen LogP contribution < -0.4 is 5.73 Å². The Morgan fingerprint density at radius 2 is 2.15 bits per heavy atom. The fourth-order valence-electron chi connectivity index (χ4n) is 0.836. The molecule has 0 heterocycles. The molecule has 0 saturated carbocycles. The van der Waals surface area contributed by atoms with Gasteiger partial charge in [0.05, 0.1) is 5.02 Å². The zero-order chi connectivity index (χ0) is 9.84. The molecule has 2 N–H and O–H groups in total. The van der Waals surface area contributed by atoms with Crippen LogP contribution in [-0.2, 0) is 0 Å². The van der Waals surface area contributed by atoms with Gasteiger partial charge in [-0.05, 0) is 18.2 Å². The predicted molar refractivity (Wildman–Crippen MR) is 60.8 cm³/mol. The Labute approximate surface area is 92.6 Å². The minimum atomic E-state index is 0.374. The van der Waals surface area contributed by atoms with E-state index >= 15 is 0 Å². The first-order valence-corrected chi connectivity index (χ1v) is 5.59. The molecule has 4 heteroatoms. The molecule has 72 valence electrons.